The lowest BCUT2D eigenvalue weighted by molar-refractivity contribution is -0.173. The summed E-state index contributed by atoms with van der Waals surface area (Å²) in [4.78, 5) is 0. The van der Waals surface area contributed by atoms with E-state index in [4.69, 9.17) is 9.31 Å². The number of rotatable bonds is 6. The molecule has 28 heavy (non-hydrogen) atoms. The first-order valence-corrected chi connectivity index (χ1v) is 9.37. The first-order chi connectivity index (χ1) is 12.7. The third-order valence-electron chi connectivity index (χ3n) is 4.78. The molecule has 0 saturated carbocycles. The predicted molar refractivity (Wildman–Crippen MR) is 99.7 cm³/mol. The van der Waals surface area contributed by atoms with Gasteiger partial charge in [0.2, 0.25) is 0 Å². The quantitative estimate of drug-likeness (QED) is 0.295. The van der Waals surface area contributed by atoms with E-state index >= 15 is 4.39 Å². The zero-order valence-electron chi connectivity index (χ0n) is 15.9. The van der Waals surface area contributed by atoms with Crippen molar-refractivity contribution in [2.45, 2.75) is 51.5 Å². The summed E-state index contributed by atoms with van der Waals surface area (Å²) in [5.74, 6) is -0.549. The third-order valence-corrected chi connectivity index (χ3v) is 5.39. The van der Waals surface area contributed by atoms with Crippen LogP contribution in [-0.4, -0.2) is 37.7 Å². The van der Waals surface area contributed by atoms with Crippen molar-refractivity contribution in [3.05, 3.63) is 39.8 Å². The molecule has 2 rings (SSSR count). The van der Waals surface area contributed by atoms with Crippen molar-refractivity contribution in [1.82, 2.24) is 0 Å². The second kappa shape index (κ2) is 8.42. The first kappa shape index (κ1) is 23.3. The Kier molecular flexibility index (Phi) is 7.01. The second-order valence-corrected chi connectivity index (χ2v) is 8.32. The molecule has 0 aromatic heterocycles. The number of ether oxygens (including phenoxy) is 1. The minimum Gasteiger partial charge on any atom is -0.398 e. The molecule has 0 aliphatic carbocycles. The van der Waals surface area contributed by atoms with Crippen molar-refractivity contribution in [3.8, 4) is 0 Å². The van der Waals surface area contributed by atoms with Crippen LogP contribution in [0.3, 0.4) is 0 Å². The molecule has 1 aliphatic rings. The topological polar surface area (TPSA) is 27.7 Å². The Morgan fingerprint density at radius 1 is 1.14 bits per heavy atom. The Bertz CT molecular complexity index is 733. The molecule has 1 fully saturated rings. The fourth-order valence-corrected chi connectivity index (χ4v) is 2.92. The molecule has 10 heteroatoms. The highest BCUT2D eigenvalue weighted by molar-refractivity contribution is 9.10. The molecule has 1 aromatic carbocycles. The molecular formula is C18H21BBrF5O3. The van der Waals surface area contributed by atoms with Crippen LogP contribution in [-0.2, 0) is 14.0 Å². The zero-order valence-corrected chi connectivity index (χ0v) is 17.5. The monoisotopic (exact) mass is 470 g/mol. The molecule has 1 heterocycles. The van der Waals surface area contributed by atoms with Crippen LogP contribution in [0.5, 0.6) is 0 Å². The summed E-state index contributed by atoms with van der Waals surface area (Å²) in [5.41, 5.74) is -2.06. The largest absolute Gasteiger partial charge is 0.525 e. The lowest BCUT2D eigenvalue weighted by atomic mass is 9.82. The standard InChI is InChI=1S/C18H21BBrF5O3/c1-16(2)17(3,4)28-19(27-16)15(22)12(7-8-26-10-18(23,24)25)11-5-6-14(21)13(20)9-11/h5-6,9H,7-8,10H2,1-4H3. The predicted octanol–water partition coefficient (Wildman–Crippen LogP) is 5.87. The smallest absolute Gasteiger partial charge is 0.398 e. The Morgan fingerprint density at radius 2 is 1.71 bits per heavy atom. The van der Waals surface area contributed by atoms with E-state index in [0.29, 0.717) is 0 Å². The fourth-order valence-electron chi connectivity index (χ4n) is 2.54. The lowest BCUT2D eigenvalue weighted by Gasteiger charge is -2.32. The molecule has 156 valence electrons. The van der Waals surface area contributed by atoms with Gasteiger partial charge in [0.15, 0.2) is 0 Å². The highest BCUT2D eigenvalue weighted by Crippen LogP contribution is 2.41. The number of halogens is 6. The van der Waals surface area contributed by atoms with E-state index < -0.39 is 42.6 Å². The normalized spacial score (nSPS) is 19.7. The van der Waals surface area contributed by atoms with Crippen LogP contribution in [0.1, 0.15) is 39.7 Å². The molecule has 0 spiro atoms. The van der Waals surface area contributed by atoms with Gasteiger partial charge in [-0.3, -0.25) is 0 Å². The minimum atomic E-state index is -4.48. The van der Waals surface area contributed by atoms with Gasteiger partial charge in [-0.15, -0.1) is 0 Å². The van der Waals surface area contributed by atoms with Gasteiger partial charge >= 0.3 is 13.3 Å². The summed E-state index contributed by atoms with van der Waals surface area (Å²) < 4.78 is 81.7. The van der Waals surface area contributed by atoms with Crippen LogP contribution in [0.4, 0.5) is 22.0 Å². The average molecular weight is 471 g/mol. The van der Waals surface area contributed by atoms with Gasteiger partial charge in [-0.2, -0.15) is 13.2 Å². The van der Waals surface area contributed by atoms with Crippen molar-refractivity contribution in [2.75, 3.05) is 13.2 Å². The number of hydrogen-bond acceptors (Lipinski definition) is 3. The molecule has 0 unspecified atom stereocenters. The lowest BCUT2D eigenvalue weighted by Crippen LogP contribution is -2.41. The van der Waals surface area contributed by atoms with Gasteiger partial charge in [0.1, 0.15) is 18.2 Å². The number of alkyl halides is 3. The molecule has 0 bridgehead atoms. The Balaban J connectivity index is 2.31. The van der Waals surface area contributed by atoms with E-state index in [9.17, 15) is 17.6 Å². The second-order valence-electron chi connectivity index (χ2n) is 7.46. The highest BCUT2D eigenvalue weighted by atomic mass is 79.9. The van der Waals surface area contributed by atoms with E-state index in [-0.39, 0.29) is 28.6 Å². The SMILES string of the molecule is CC1(C)OB(C(F)=C(CCOCC(F)(F)F)c2ccc(F)c(Br)c2)OC1(C)C. The molecule has 0 radical (unpaired) electrons. The summed E-state index contributed by atoms with van der Waals surface area (Å²) in [7, 11) is -1.33. The molecule has 1 aromatic rings. The van der Waals surface area contributed by atoms with Crippen LogP contribution >= 0.6 is 15.9 Å². The molecule has 0 amide bonds. The summed E-state index contributed by atoms with van der Waals surface area (Å²) >= 11 is 3.03. The third kappa shape index (κ3) is 5.55. The molecular weight excluding hydrogens is 450 g/mol. The molecule has 0 N–H and O–H groups in total. The fraction of sp³-hybridized carbons (Fsp3) is 0.556. The Labute approximate surface area is 169 Å². The summed E-state index contributed by atoms with van der Waals surface area (Å²) in [6, 6.07) is 3.82. The maximum atomic E-state index is 15.3. The maximum absolute atomic E-state index is 15.3. The maximum Gasteiger partial charge on any atom is 0.525 e. The van der Waals surface area contributed by atoms with E-state index in [1.54, 1.807) is 27.7 Å². The Hall–Kier alpha value is -0.965. The van der Waals surface area contributed by atoms with Gasteiger partial charge in [-0.05, 0) is 73.3 Å². The zero-order chi connectivity index (χ0) is 21.3. The minimum absolute atomic E-state index is 0.0291. The van der Waals surface area contributed by atoms with Crippen molar-refractivity contribution in [2.24, 2.45) is 0 Å². The van der Waals surface area contributed by atoms with Crippen LogP contribution in [0.25, 0.3) is 5.57 Å². The van der Waals surface area contributed by atoms with Crippen LogP contribution in [0.15, 0.2) is 28.4 Å². The Morgan fingerprint density at radius 3 is 2.21 bits per heavy atom. The first-order valence-electron chi connectivity index (χ1n) is 8.57. The van der Waals surface area contributed by atoms with Crippen LogP contribution in [0, 0.1) is 5.82 Å². The molecule has 3 nitrogen and oxygen atoms in total. The van der Waals surface area contributed by atoms with E-state index in [1.165, 1.54) is 12.1 Å². The van der Waals surface area contributed by atoms with E-state index in [1.807, 2.05) is 0 Å². The average Bonchev–Trinajstić information content (AvgIpc) is 2.77. The van der Waals surface area contributed by atoms with E-state index in [0.717, 1.165) is 6.07 Å². The van der Waals surface area contributed by atoms with Gasteiger partial charge in [0, 0.05) is 0 Å². The summed E-state index contributed by atoms with van der Waals surface area (Å²) in [5, 5.41) is 0. The highest BCUT2D eigenvalue weighted by Gasteiger charge is 2.53. The van der Waals surface area contributed by atoms with Crippen molar-refractivity contribution < 1.29 is 36.0 Å². The summed E-state index contributed by atoms with van der Waals surface area (Å²) in [6.07, 6.45) is -4.66. The van der Waals surface area contributed by atoms with Crippen molar-refractivity contribution >= 4 is 28.6 Å². The van der Waals surface area contributed by atoms with Crippen LogP contribution < -0.4 is 0 Å². The van der Waals surface area contributed by atoms with Gasteiger partial charge < -0.3 is 14.0 Å². The van der Waals surface area contributed by atoms with Crippen molar-refractivity contribution in [3.63, 3.8) is 0 Å². The number of hydrogen-bond donors (Lipinski definition) is 0. The molecule has 1 aliphatic heterocycles. The number of benzene rings is 1. The van der Waals surface area contributed by atoms with Gasteiger partial charge in [-0.25, -0.2) is 8.78 Å². The molecule has 0 atom stereocenters. The molecule has 1 saturated heterocycles. The van der Waals surface area contributed by atoms with Gasteiger partial charge in [0.25, 0.3) is 0 Å². The van der Waals surface area contributed by atoms with E-state index in [2.05, 4.69) is 20.7 Å². The van der Waals surface area contributed by atoms with Gasteiger partial charge in [0.05, 0.1) is 22.3 Å². The van der Waals surface area contributed by atoms with Crippen molar-refractivity contribution in [1.29, 1.82) is 0 Å². The van der Waals surface area contributed by atoms with Gasteiger partial charge in [-0.1, -0.05) is 6.07 Å². The van der Waals surface area contributed by atoms with Crippen LogP contribution in [0.2, 0.25) is 0 Å². The summed E-state index contributed by atoms with van der Waals surface area (Å²) in [6.45, 7) is 5.19.